The number of carbonyl (C=O) groups excluding carboxylic acids is 2. The fraction of sp³-hybridized carbons (Fsp3) is 0.294. The number of amides is 1. The zero-order chi connectivity index (χ0) is 18.1. The van der Waals surface area contributed by atoms with E-state index in [2.05, 4.69) is 10.3 Å². The van der Waals surface area contributed by atoms with Crippen molar-refractivity contribution in [3.8, 4) is 6.07 Å². The van der Waals surface area contributed by atoms with Crippen LogP contribution in [-0.2, 0) is 15.3 Å². The van der Waals surface area contributed by atoms with Gasteiger partial charge in [-0.2, -0.15) is 5.26 Å². The first-order chi connectivity index (χ1) is 12.1. The van der Waals surface area contributed by atoms with Crippen LogP contribution in [0.4, 0.5) is 0 Å². The maximum atomic E-state index is 12.2. The van der Waals surface area contributed by atoms with E-state index in [1.165, 1.54) is 11.8 Å². The molecule has 130 valence electrons. The third-order valence-electron chi connectivity index (χ3n) is 3.04. The SMILES string of the molecule is Cc1nc(CSc2ccccc2C(=O)OCC(=O)NCCC#N)cs1. The second kappa shape index (κ2) is 9.81. The molecular weight excluding hydrogens is 358 g/mol. The average Bonchev–Trinajstić information content (AvgIpc) is 3.04. The molecule has 8 heteroatoms. The van der Waals surface area contributed by atoms with Crippen molar-refractivity contribution < 1.29 is 14.3 Å². The number of esters is 1. The number of ether oxygens (including phenoxy) is 1. The van der Waals surface area contributed by atoms with Crippen LogP contribution in [-0.4, -0.2) is 30.0 Å². The Morgan fingerprint density at radius 3 is 2.92 bits per heavy atom. The van der Waals surface area contributed by atoms with Crippen LogP contribution in [0.25, 0.3) is 0 Å². The van der Waals surface area contributed by atoms with Crippen LogP contribution < -0.4 is 5.32 Å². The van der Waals surface area contributed by atoms with Gasteiger partial charge >= 0.3 is 5.97 Å². The molecule has 0 aliphatic heterocycles. The third kappa shape index (κ3) is 6.21. The Hall–Kier alpha value is -2.37. The molecule has 2 rings (SSSR count). The summed E-state index contributed by atoms with van der Waals surface area (Å²) in [4.78, 5) is 29.0. The van der Waals surface area contributed by atoms with Gasteiger partial charge in [-0.3, -0.25) is 4.79 Å². The lowest BCUT2D eigenvalue weighted by atomic mass is 10.2. The van der Waals surface area contributed by atoms with Gasteiger partial charge in [-0.25, -0.2) is 9.78 Å². The van der Waals surface area contributed by atoms with E-state index in [0.29, 0.717) is 11.3 Å². The molecule has 6 nitrogen and oxygen atoms in total. The molecule has 0 unspecified atom stereocenters. The Bertz CT molecular complexity index is 783. The fourth-order valence-corrected chi connectivity index (χ4v) is 3.56. The maximum absolute atomic E-state index is 12.2. The lowest BCUT2D eigenvalue weighted by Crippen LogP contribution is -2.29. The molecule has 0 aliphatic carbocycles. The lowest BCUT2D eigenvalue weighted by Gasteiger charge is -2.09. The molecule has 0 radical (unpaired) electrons. The first-order valence-electron chi connectivity index (χ1n) is 7.53. The summed E-state index contributed by atoms with van der Waals surface area (Å²) in [6.45, 7) is 1.83. The van der Waals surface area contributed by atoms with Gasteiger partial charge in [0, 0.05) is 22.6 Å². The number of benzene rings is 1. The van der Waals surface area contributed by atoms with Gasteiger partial charge in [-0.05, 0) is 19.1 Å². The molecular formula is C17H17N3O3S2. The molecule has 0 saturated carbocycles. The summed E-state index contributed by atoms with van der Waals surface area (Å²) in [5.41, 5.74) is 1.39. The van der Waals surface area contributed by atoms with Gasteiger partial charge < -0.3 is 10.1 Å². The summed E-state index contributed by atoms with van der Waals surface area (Å²) < 4.78 is 5.06. The molecule has 1 aromatic heterocycles. The second-order valence-corrected chi connectivity index (χ2v) is 7.06. The van der Waals surface area contributed by atoms with Crippen molar-refractivity contribution >= 4 is 35.0 Å². The van der Waals surface area contributed by atoms with E-state index in [1.807, 2.05) is 30.5 Å². The van der Waals surface area contributed by atoms with Crippen molar-refractivity contribution in [2.45, 2.75) is 24.0 Å². The number of nitriles is 1. The van der Waals surface area contributed by atoms with Crippen molar-refractivity contribution in [3.05, 3.63) is 45.9 Å². The topological polar surface area (TPSA) is 92.1 Å². The molecule has 25 heavy (non-hydrogen) atoms. The van der Waals surface area contributed by atoms with Crippen LogP contribution in [0.1, 0.15) is 27.5 Å². The molecule has 1 N–H and O–H groups in total. The van der Waals surface area contributed by atoms with Gasteiger partial charge in [0.1, 0.15) is 0 Å². The Kier molecular flexibility index (Phi) is 7.44. The summed E-state index contributed by atoms with van der Waals surface area (Å²) in [5, 5.41) is 13.9. The monoisotopic (exact) mass is 375 g/mol. The molecule has 1 amide bonds. The quantitative estimate of drug-likeness (QED) is 0.433. The van der Waals surface area contributed by atoms with Crippen molar-refractivity contribution in [1.82, 2.24) is 10.3 Å². The fourth-order valence-electron chi connectivity index (χ4n) is 1.91. The van der Waals surface area contributed by atoms with E-state index >= 15 is 0 Å². The smallest absolute Gasteiger partial charge is 0.339 e. The van der Waals surface area contributed by atoms with Crippen molar-refractivity contribution in [1.29, 1.82) is 5.26 Å². The Balaban J connectivity index is 1.91. The number of aromatic nitrogens is 1. The van der Waals surface area contributed by atoms with Gasteiger partial charge in [-0.1, -0.05) is 12.1 Å². The number of thioether (sulfide) groups is 1. The van der Waals surface area contributed by atoms with Crippen LogP contribution in [0.3, 0.4) is 0 Å². The van der Waals surface area contributed by atoms with Crippen LogP contribution >= 0.6 is 23.1 Å². The number of nitrogens with one attached hydrogen (secondary N) is 1. The Morgan fingerprint density at radius 2 is 2.20 bits per heavy atom. The predicted octanol–water partition coefficient (Wildman–Crippen LogP) is 2.93. The number of thiazole rings is 1. The standard InChI is InChI=1S/C17H17N3O3S2/c1-12-20-13(10-24-12)11-25-15-6-3-2-5-14(15)17(22)23-9-16(21)19-8-4-7-18/h2-3,5-6,10H,4,8-9,11H2,1H3,(H,19,21). The molecule has 1 heterocycles. The number of carbonyl (C=O) groups is 2. The Morgan fingerprint density at radius 1 is 1.40 bits per heavy atom. The molecule has 0 spiro atoms. The molecule has 0 aliphatic rings. The summed E-state index contributed by atoms with van der Waals surface area (Å²) in [6.07, 6.45) is 0.218. The first kappa shape index (κ1) is 19.0. The summed E-state index contributed by atoms with van der Waals surface area (Å²) in [7, 11) is 0. The van der Waals surface area contributed by atoms with Crippen molar-refractivity contribution in [2.24, 2.45) is 0 Å². The van der Waals surface area contributed by atoms with Gasteiger partial charge in [0.25, 0.3) is 5.91 Å². The molecule has 0 fully saturated rings. The molecule has 2 aromatic rings. The minimum Gasteiger partial charge on any atom is -0.452 e. The van der Waals surface area contributed by atoms with Crippen molar-refractivity contribution in [3.63, 3.8) is 0 Å². The van der Waals surface area contributed by atoms with Crippen LogP contribution in [0.2, 0.25) is 0 Å². The number of aryl methyl sites for hydroxylation is 1. The second-order valence-electron chi connectivity index (χ2n) is 4.98. The lowest BCUT2D eigenvalue weighted by molar-refractivity contribution is -0.124. The molecule has 1 aromatic carbocycles. The van der Waals surface area contributed by atoms with E-state index in [1.54, 1.807) is 23.5 Å². The van der Waals surface area contributed by atoms with E-state index in [0.717, 1.165) is 15.6 Å². The summed E-state index contributed by atoms with van der Waals surface area (Å²) in [5.74, 6) is -0.316. The highest BCUT2D eigenvalue weighted by Gasteiger charge is 2.15. The van der Waals surface area contributed by atoms with Crippen LogP contribution in [0.15, 0.2) is 34.5 Å². The highest BCUT2D eigenvalue weighted by atomic mass is 32.2. The minimum atomic E-state index is -0.548. The number of hydrogen-bond acceptors (Lipinski definition) is 7. The van der Waals surface area contributed by atoms with Gasteiger partial charge in [0.2, 0.25) is 0 Å². The summed E-state index contributed by atoms with van der Waals surface area (Å²) >= 11 is 3.09. The van der Waals surface area contributed by atoms with Gasteiger partial charge in [0.15, 0.2) is 6.61 Å². The molecule has 0 saturated heterocycles. The number of nitrogens with zero attached hydrogens (tertiary/aromatic N) is 2. The summed E-state index contributed by atoms with van der Waals surface area (Å²) in [6, 6.07) is 9.03. The average molecular weight is 375 g/mol. The third-order valence-corrected chi connectivity index (χ3v) is 4.97. The van der Waals surface area contributed by atoms with Gasteiger partial charge in [-0.15, -0.1) is 23.1 Å². The van der Waals surface area contributed by atoms with E-state index in [9.17, 15) is 9.59 Å². The van der Waals surface area contributed by atoms with Crippen LogP contribution in [0.5, 0.6) is 0 Å². The van der Waals surface area contributed by atoms with Gasteiger partial charge in [0.05, 0.1) is 28.8 Å². The van der Waals surface area contributed by atoms with E-state index < -0.39 is 11.9 Å². The zero-order valence-corrected chi connectivity index (χ0v) is 15.3. The highest BCUT2D eigenvalue weighted by molar-refractivity contribution is 7.98. The Labute approximate surface area is 154 Å². The van der Waals surface area contributed by atoms with Crippen molar-refractivity contribution in [2.75, 3.05) is 13.2 Å². The first-order valence-corrected chi connectivity index (χ1v) is 9.40. The largest absolute Gasteiger partial charge is 0.452 e. The van der Waals surface area contributed by atoms with E-state index in [4.69, 9.17) is 10.00 Å². The number of hydrogen-bond donors (Lipinski definition) is 1. The molecule has 0 atom stereocenters. The number of rotatable bonds is 8. The zero-order valence-electron chi connectivity index (χ0n) is 13.7. The van der Waals surface area contributed by atoms with Crippen LogP contribution in [0, 0.1) is 18.3 Å². The normalized spacial score (nSPS) is 10.1. The minimum absolute atomic E-state index is 0.218. The highest BCUT2D eigenvalue weighted by Crippen LogP contribution is 2.27. The molecule has 0 bridgehead atoms. The maximum Gasteiger partial charge on any atom is 0.339 e. The predicted molar refractivity (Wildman–Crippen MR) is 96.4 cm³/mol. The van der Waals surface area contributed by atoms with E-state index in [-0.39, 0.29) is 19.6 Å².